The number of hydrogen-bond acceptors (Lipinski definition) is 6. The number of aromatic nitrogens is 2. The van der Waals surface area contributed by atoms with E-state index in [2.05, 4.69) is 46.4 Å². The second-order valence-electron chi connectivity index (χ2n) is 11.3. The Balaban J connectivity index is 0.000000170. The molecule has 48 heavy (non-hydrogen) atoms. The van der Waals surface area contributed by atoms with Gasteiger partial charge < -0.3 is 15.2 Å². The number of aryl methyl sites for hydroxylation is 4. The third-order valence-electron chi connectivity index (χ3n) is 7.72. The Bertz CT molecular complexity index is 2120. The molecule has 8 heteroatoms. The molecular weight excluding hydrogens is 626 g/mol. The van der Waals surface area contributed by atoms with E-state index in [1.807, 2.05) is 125 Å². The second-order valence-corrected chi connectivity index (χ2v) is 12.7. The van der Waals surface area contributed by atoms with Crippen LogP contribution in [0.1, 0.15) is 22.5 Å². The van der Waals surface area contributed by atoms with Crippen molar-refractivity contribution in [3.05, 3.63) is 156 Å². The van der Waals surface area contributed by atoms with E-state index in [0.717, 1.165) is 67.3 Å². The summed E-state index contributed by atoms with van der Waals surface area (Å²) in [6, 6.07) is 44.5. The number of hydrogen-bond donors (Lipinski definition) is 0. The van der Waals surface area contributed by atoms with E-state index in [4.69, 9.17) is 15.2 Å². The van der Waals surface area contributed by atoms with Crippen LogP contribution in [0.25, 0.3) is 32.9 Å². The minimum absolute atomic E-state index is 0.634. The van der Waals surface area contributed by atoms with Crippen LogP contribution in [0.2, 0.25) is 0 Å². The van der Waals surface area contributed by atoms with Crippen molar-refractivity contribution in [3.63, 3.8) is 0 Å². The maximum Gasteiger partial charge on any atom is 0.881 e. The Hall–Kier alpha value is -4.82. The van der Waals surface area contributed by atoms with Crippen LogP contribution in [0.15, 0.2) is 133 Å². The van der Waals surface area contributed by atoms with Crippen LogP contribution in [0.5, 0.6) is 23.0 Å². The van der Waals surface area contributed by atoms with E-state index in [-0.39, 0.29) is 0 Å². The number of nitrogens with zero attached hydrogens (tertiary/aromatic N) is 2. The molecule has 0 amide bonds. The topological polar surface area (TPSA) is 62.7 Å². The van der Waals surface area contributed by atoms with Crippen LogP contribution < -0.4 is 15.2 Å². The zero-order valence-corrected chi connectivity index (χ0v) is 29.7. The van der Waals surface area contributed by atoms with Gasteiger partial charge in [-0.2, -0.15) is 0 Å². The first kappa shape index (κ1) is 33.1. The predicted molar refractivity (Wildman–Crippen MR) is 195 cm³/mol. The van der Waals surface area contributed by atoms with Gasteiger partial charge in [0.05, 0.1) is 11.5 Å². The first-order chi connectivity index (χ1) is 23.4. The summed E-state index contributed by atoms with van der Waals surface area (Å²) in [5.74, 6) is 3.27. The summed E-state index contributed by atoms with van der Waals surface area (Å²) in [5, 5.41) is 2.15. The van der Waals surface area contributed by atoms with Gasteiger partial charge in [-0.05, 0) is 86.3 Å². The lowest BCUT2D eigenvalue weighted by Crippen LogP contribution is -2.12. The number of benzene rings is 5. The molecule has 0 spiro atoms. The van der Waals surface area contributed by atoms with Crippen molar-refractivity contribution < 1.29 is 15.2 Å². The summed E-state index contributed by atoms with van der Waals surface area (Å²) < 4.78 is 23.5. The van der Waals surface area contributed by atoms with Gasteiger partial charge in [-0.3, -0.25) is 0 Å². The third kappa shape index (κ3) is 8.36. The molecule has 2 heterocycles. The Morgan fingerprint density at radius 3 is 1.48 bits per heavy atom. The average molecular weight is 661 g/mol. The Morgan fingerprint density at radius 2 is 0.917 bits per heavy atom. The molecule has 6 nitrogen and oxygen atoms in total. The van der Waals surface area contributed by atoms with Crippen molar-refractivity contribution in [2.45, 2.75) is 27.7 Å². The largest absolute Gasteiger partial charge is 0.881 e. The van der Waals surface area contributed by atoms with Crippen molar-refractivity contribution in [2.75, 3.05) is 0 Å². The molecule has 2 radical (unpaired) electrons. The molecule has 0 aliphatic carbocycles. The van der Waals surface area contributed by atoms with Crippen molar-refractivity contribution in [2.24, 2.45) is 0 Å². The van der Waals surface area contributed by atoms with Crippen LogP contribution in [0.4, 0.5) is 0 Å². The monoisotopic (exact) mass is 660 g/mol. The van der Waals surface area contributed by atoms with E-state index >= 15 is 0 Å². The molecule has 5 aromatic carbocycles. The van der Waals surface area contributed by atoms with E-state index < -0.39 is 31.8 Å². The molecule has 2 aromatic heterocycles. The zero-order valence-electron chi connectivity index (χ0n) is 27.4. The quantitative estimate of drug-likeness (QED) is 0.144. The standard InChI is InChI=1S/C12H10O.2C10H9NO.C8H10O.2Al/c13-12-8-6-11(7-9-12)10-4-2-1-3-5-10;2*1-7-5-6-8-3-2-4-9(12)10(8)11-7;1-6-4-3-5-7(2)8(6)9;;/h1-9,13H;2*2-6,12H,1H3;3-5,9H,1-2H3;;/q;;;;2*+2/p-4. The van der Waals surface area contributed by atoms with Gasteiger partial charge in [-0.1, -0.05) is 97.1 Å². The number of rotatable bonds is 9. The minimum Gasteiger partial charge on any atom is -0.616 e. The average Bonchev–Trinajstić information content (AvgIpc) is 3.11. The Labute approximate surface area is 295 Å². The highest BCUT2D eigenvalue weighted by atomic mass is 27.2. The molecule has 0 unspecified atom stereocenters. The maximum absolute atomic E-state index is 5.89. The molecule has 234 valence electrons. The van der Waals surface area contributed by atoms with Crippen molar-refractivity contribution in [1.82, 2.24) is 9.97 Å². The summed E-state index contributed by atoms with van der Waals surface area (Å²) in [6.45, 7) is 8.05. The van der Waals surface area contributed by atoms with Gasteiger partial charge in [0.15, 0.2) is 0 Å². The summed E-state index contributed by atoms with van der Waals surface area (Å²) >= 11 is -1.30. The Kier molecular flexibility index (Phi) is 10.9. The van der Waals surface area contributed by atoms with Gasteiger partial charge in [-0.15, -0.1) is 0 Å². The lowest BCUT2D eigenvalue weighted by molar-refractivity contribution is 0.457. The summed E-state index contributed by atoms with van der Waals surface area (Å²) in [6.07, 6.45) is 0. The van der Waals surface area contributed by atoms with Gasteiger partial charge in [-0.25, -0.2) is 9.97 Å². The minimum atomic E-state index is -0.665. The molecule has 7 rings (SSSR count). The van der Waals surface area contributed by atoms with Gasteiger partial charge in [0.1, 0.15) is 22.5 Å². The summed E-state index contributed by atoms with van der Waals surface area (Å²) in [5.41, 5.74) is 8.34. The molecular formula is C40H34Al2N2O4. The highest BCUT2D eigenvalue weighted by Gasteiger charge is 2.13. The van der Waals surface area contributed by atoms with Crippen LogP contribution >= 0.6 is 0 Å². The van der Waals surface area contributed by atoms with E-state index in [0.29, 0.717) is 0 Å². The predicted octanol–water partition coefficient (Wildman–Crippen LogP) is 9.35. The lowest BCUT2D eigenvalue weighted by atomic mass is 10.1. The molecule has 0 atom stereocenters. The molecule has 7 aromatic rings. The van der Waals surface area contributed by atoms with Gasteiger partial charge >= 0.3 is 31.8 Å². The number of fused-ring (bicyclic) bond motifs is 2. The molecule has 0 aliphatic rings. The van der Waals surface area contributed by atoms with Gasteiger partial charge in [0.25, 0.3) is 0 Å². The van der Waals surface area contributed by atoms with Crippen LogP contribution in [-0.4, -0.2) is 41.7 Å². The maximum atomic E-state index is 5.89. The third-order valence-corrected chi connectivity index (χ3v) is 9.12. The smallest absolute Gasteiger partial charge is 0.616 e. The Morgan fingerprint density at radius 1 is 0.417 bits per heavy atom. The molecule has 0 bridgehead atoms. The fourth-order valence-corrected chi connectivity index (χ4v) is 6.64. The normalized spacial score (nSPS) is 10.5. The SMILES string of the molecule is Cc1ccc2cccc([O][Al][O]c3c(C)cccc3C)c2n1.Cc1ccc2cccc([O][Al][O]c3ccc(-c4ccccc4)cc3)c2n1. The molecule has 0 saturated carbocycles. The van der Waals surface area contributed by atoms with E-state index in [1.165, 1.54) is 11.1 Å². The molecule has 0 fully saturated rings. The first-order valence-electron chi connectivity index (χ1n) is 15.7. The fourth-order valence-electron chi connectivity index (χ4n) is 5.22. The molecule has 0 N–H and O–H groups in total. The van der Waals surface area contributed by atoms with Crippen LogP contribution in [0, 0.1) is 27.7 Å². The molecule has 0 saturated heterocycles. The van der Waals surface area contributed by atoms with Crippen molar-refractivity contribution in [1.29, 1.82) is 0 Å². The number of para-hydroxylation sites is 3. The lowest BCUT2D eigenvalue weighted by Gasteiger charge is -2.14. The van der Waals surface area contributed by atoms with Gasteiger partial charge in [0, 0.05) is 22.2 Å². The van der Waals surface area contributed by atoms with Gasteiger partial charge in [0.2, 0.25) is 0 Å². The van der Waals surface area contributed by atoms with Crippen LogP contribution in [0.3, 0.4) is 0 Å². The highest BCUT2D eigenvalue weighted by molar-refractivity contribution is 6.21. The molecule has 0 aliphatic heterocycles. The number of pyridine rings is 2. The van der Waals surface area contributed by atoms with E-state index in [1.54, 1.807) is 0 Å². The zero-order chi connectivity index (χ0) is 33.3. The summed E-state index contributed by atoms with van der Waals surface area (Å²) in [4.78, 5) is 9.15. The highest BCUT2D eigenvalue weighted by Crippen LogP contribution is 2.27. The van der Waals surface area contributed by atoms with Crippen molar-refractivity contribution >= 4 is 53.6 Å². The van der Waals surface area contributed by atoms with Crippen molar-refractivity contribution in [3.8, 4) is 34.1 Å². The van der Waals surface area contributed by atoms with Crippen LogP contribution in [-0.2, 0) is 0 Å². The first-order valence-corrected chi connectivity index (χ1v) is 17.6. The fraction of sp³-hybridized carbons (Fsp3) is 0.100. The summed E-state index contributed by atoms with van der Waals surface area (Å²) in [7, 11) is 0. The van der Waals surface area contributed by atoms with E-state index in [9.17, 15) is 0 Å². The second kappa shape index (κ2) is 15.9.